The monoisotopic (exact) mass is 391 g/mol. The van der Waals surface area contributed by atoms with Crippen LogP contribution in [0.2, 0.25) is 5.02 Å². The van der Waals surface area contributed by atoms with Gasteiger partial charge in [0, 0.05) is 16.0 Å². The van der Waals surface area contributed by atoms with E-state index in [1.165, 1.54) is 16.2 Å². The van der Waals surface area contributed by atoms with Gasteiger partial charge in [0.15, 0.2) is 0 Å². The number of halogens is 1. The van der Waals surface area contributed by atoms with Crippen molar-refractivity contribution in [2.24, 2.45) is 5.92 Å². The van der Waals surface area contributed by atoms with Gasteiger partial charge in [-0.15, -0.1) is 11.3 Å². The first kappa shape index (κ1) is 18.9. The average Bonchev–Trinajstić information content (AvgIpc) is 3.13. The minimum absolute atomic E-state index is 0.177. The summed E-state index contributed by atoms with van der Waals surface area (Å²) in [7, 11) is 0. The molecule has 26 heavy (non-hydrogen) atoms. The number of aromatic nitrogens is 1. The van der Waals surface area contributed by atoms with Gasteiger partial charge in [-0.2, -0.15) is 0 Å². The first-order valence-corrected chi connectivity index (χ1v) is 9.89. The Kier molecular flexibility index (Phi) is 5.34. The Morgan fingerprint density at radius 1 is 1.27 bits per heavy atom. The van der Waals surface area contributed by atoms with Crippen LogP contribution >= 0.6 is 22.9 Å². The van der Waals surface area contributed by atoms with E-state index in [9.17, 15) is 9.59 Å². The van der Waals surface area contributed by atoms with Crippen LogP contribution in [0.3, 0.4) is 0 Å². The van der Waals surface area contributed by atoms with E-state index in [4.69, 9.17) is 11.6 Å². The van der Waals surface area contributed by atoms with Crippen LogP contribution in [0.5, 0.6) is 0 Å². The molecule has 1 aromatic carbocycles. The molecule has 2 aromatic rings. The van der Waals surface area contributed by atoms with Crippen LogP contribution in [-0.4, -0.2) is 27.4 Å². The van der Waals surface area contributed by atoms with Crippen molar-refractivity contribution in [1.82, 2.24) is 15.2 Å². The molecule has 1 aliphatic rings. The zero-order chi connectivity index (χ0) is 18.9. The number of benzene rings is 1. The van der Waals surface area contributed by atoms with Crippen molar-refractivity contribution in [2.75, 3.05) is 0 Å². The highest BCUT2D eigenvalue weighted by Gasteiger charge is 2.47. The molecule has 138 valence electrons. The Labute approximate surface area is 162 Å². The third kappa shape index (κ3) is 3.91. The fourth-order valence-electron chi connectivity index (χ4n) is 2.90. The number of hydrogen-bond acceptors (Lipinski definition) is 4. The van der Waals surface area contributed by atoms with Crippen molar-refractivity contribution in [3.63, 3.8) is 0 Å². The lowest BCUT2D eigenvalue weighted by molar-refractivity contribution is -0.131. The molecule has 1 saturated heterocycles. The van der Waals surface area contributed by atoms with Gasteiger partial charge in [0.25, 0.3) is 5.91 Å². The highest BCUT2D eigenvalue weighted by Crippen LogP contribution is 2.28. The predicted molar refractivity (Wildman–Crippen MR) is 104 cm³/mol. The average molecular weight is 392 g/mol. The fraction of sp³-hybridized carbons (Fsp3) is 0.421. The van der Waals surface area contributed by atoms with Gasteiger partial charge < -0.3 is 5.32 Å². The molecule has 1 aromatic heterocycles. The number of hydrogen-bond donors (Lipinski definition) is 1. The van der Waals surface area contributed by atoms with Crippen molar-refractivity contribution in [3.05, 3.63) is 40.4 Å². The maximum atomic E-state index is 12.8. The summed E-state index contributed by atoms with van der Waals surface area (Å²) in [6, 6.07) is 7.09. The van der Waals surface area contributed by atoms with E-state index < -0.39 is 5.54 Å². The molecule has 3 rings (SSSR count). The van der Waals surface area contributed by atoms with E-state index in [1.807, 2.05) is 29.6 Å². The van der Waals surface area contributed by atoms with E-state index in [-0.39, 0.29) is 18.5 Å². The van der Waals surface area contributed by atoms with Gasteiger partial charge in [-0.3, -0.25) is 9.69 Å². The summed E-state index contributed by atoms with van der Waals surface area (Å²) in [5.74, 6) is 0.301. The first-order chi connectivity index (χ1) is 12.3. The van der Waals surface area contributed by atoms with Crippen molar-refractivity contribution in [1.29, 1.82) is 0 Å². The number of urea groups is 1. The summed E-state index contributed by atoms with van der Waals surface area (Å²) >= 11 is 7.40. The van der Waals surface area contributed by atoms with Crippen LogP contribution in [0, 0.1) is 5.92 Å². The highest BCUT2D eigenvalue weighted by molar-refractivity contribution is 7.13. The second kappa shape index (κ2) is 7.37. The maximum Gasteiger partial charge on any atom is 0.325 e. The predicted octanol–water partition coefficient (Wildman–Crippen LogP) is 4.71. The molecule has 7 heteroatoms. The molecule has 1 aliphatic heterocycles. The van der Waals surface area contributed by atoms with Gasteiger partial charge in [0.05, 0.1) is 12.2 Å². The topological polar surface area (TPSA) is 62.3 Å². The second-order valence-corrected chi connectivity index (χ2v) is 8.53. The van der Waals surface area contributed by atoms with E-state index in [0.29, 0.717) is 23.1 Å². The van der Waals surface area contributed by atoms with Crippen LogP contribution in [-0.2, 0) is 11.3 Å². The lowest BCUT2D eigenvalue weighted by Gasteiger charge is -2.22. The Morgan fingerprint density at radius 2 is 1.96 bits per heavy atom. The second-order valence-electron chi connectivity index (χ2n) is 7.24. The molecule has 5 nitrogen and oxygen atoms in total. The van der Waals surface area contributed by atoms with E-state index in [0.717, 1.165) is 17.0 Å². The van der Waals surface area contributed by atoms with E-state index in [1.54, 1.807) is 6.92 Å². The third-order valence-corrected chi connectivity index (χ3v) is 5.72. The largest absolute Gasteiger partial charge is 0.325 e. The number of carbonyl (C=O) groups excluding carboxylic acids is 2. The Balaban J connectivity index is 1.72. The SMILES string of the molecule is CC(C)CC[C@@]1(C)NC(=O)N(Cc2csc(-c3ccc(Cl)cc3)n2)C1=O. The summed E-state index contributed by atoms with van der Waals surface area (Å²) in [5, 5.41) is 6.24. The van der Waals surface area contributed by atoms with Gasteiger partial charge in [0.2, 0.25) is 0 Å². The number of rotatable bonds is 6. The quantitative estimate of drug-likeness (QED) is 0.725. The Bertz CT molecular complexity index is 818. The van der Waals surface area contributed by atoms with Crippen molar-refractivity contribution < 1.29 is 9.59 Å². The van der Waals surface area contributed by atoms with Crippen LogP contribution in [0.25, 0.3) is 10.6 Å². The first-order valence-electron chi connectivity index (χ1n) is 8.63. The molecule has 2 heterocycles. The molecule has 1 N–H and O–H groups in total. The zero-order valence-corrected chi connectivity index (χ0v) is 16.7. The molecule has 1 fully saturated rings. The zero-order valence-electron chi connectivity index (χ0n) is 15.1. The molecule has 0 unspecified atom stereocenters. The van der Waals surface area contributed by atoms with Crippen molar-refractivity contribution >= 4 is 34.9 Å². The minimum Gasteiger partial charge on any atom is -0.323 e. The lowest BCUT2D eigenvalue weighted by atomic mass is 9.92. The van der Waals surface area contributed by atoms with Gasteiger partial charge in [-0.25, -0.2) is 9.78 Å². The summed E-state index contributed by atoms with van der Waals surface area (Å²) in [6.45, 7) is 6.20. The summed E-state index contributed by atoms with van der Waals surface area (Å²) in [5.41, 5.74) is 0.845. The van der Waals surface area contributed by atoms with Crippen LogP contribution in [0.4, 0.5) is 4.79 Å². The molecule has 0 radical (unpaired) electrons. The van der Waals surface area contributed by atoms with Gasteiger partial charge in [-0.05, 0) is 37.8 Å². The van der Waals surface area contributed by atoms with Crippen molar-refractivity contribution in [2.45, 2.75) is 45.7 Å². The van der Waals surface area contributed by atoms with E-state index >= 15 is 0 Å². The van der Waals surface area contributed by atoms with Crippen molar-refractivity contribution in [3.8, 4) is 10.6 Å². The molecular formula is C19H22ClN3O2S. The standard InChI is InChI=1S/C19H22ClN3O2S/c1-12(2)8-9-19(3)17(24)23(18(25)22-19)10-15-11-26-16(21-15)13-4-6-14(20)7-5-13/h4-7,11-12H,8-10H2,1-3H3,(H,22,25)/t19-/m1/s1. The maximum absolute atomic E-state index is 12.8. The van der Waals surface area contributed by atoms with Gasteiger partial charge >= 0.3 is 6.03 Å². The Morgan fingerprint density at radius 3 is 2.62 bits per heavy atom. The van der Waals surface area contributed by atoms with Crippen LogP contribution < -0.4 is 5.32 Å². The van der Waals surface area contributed by atoms with Crippen LogP contribution in [0.15, 0.2) is 29.6 Å². The summed E-state index contributed by atoms with van der Waals surface area (Å²) in [4.78, 5) is 30.9. The molecule has 0 saturated carbocycles. The third-order valence-electron chi connectivity index (χ3n) is 4.53. The Hall–Kier alpha value is -1.92. The number of thiazole rings is 1. The summed E-state index contributed by atoms with van der Waals surface area (Å²) < 4.78 is 0. The number of nitrogens with one attached hydrogen (secondary N) is 1. The van der Waals surface area contributed by atoms with Gasteiger partial charge in [0.1, 0.15) is 10.5 Å². The molecule has 0 bridgehead atoms. The minimum atomic E-state index is -0.823. The number of nitrogens with zero attached hydrogens (tertiary/aromatic N) is 2. The smallest absolute Gasteiger partial charge is 0.323 e. The molecule has 3 amide bonds. The molecular weight excluding hydrogens is 370 g/mol. The molecule has 0 aliphatic carbocycles. The highest BCUT2D eigenvalue weighted by atomic mass is 35.5. The number of imide groups is 1. The molecule has 1 atom stereocenters. The fourth-order valence-corrected chi connectivity index (χ4v) is 3.85. The van der Waals surface area contributed by atoms with Crippen LogP contribution in [0.1, 0.15) is 39.3 Å². The van der Waals surface area contributed by atoms with E-state index in [2.05, 4.69) is 24.1 Å². The van der Waals surface area contributed by atoms with Gasteiger partial charge in [-0.1, -0.05) is 37.6 Å². The summed E-state index contributed by atoms with van der Waals surface area (Å²) in [6.07, 6.45) is 1.52. The lowest BCUT2D eigenvalue weighted by Crippen LogP contribution is -2.44. The normalized spacial score (nSPS) is 20.1. The number of amides is 3. The molecule has 0 spiro atoms. The number of carbonyl (C=O) groups is 2.